The molecule has 0 spiro atoms. The molecule has 0 aliphatic heterocycles. The number of nitrogens with one attached hydrogen (secondary N) is 4. The second-order valence-corrected chi connectivity index (χ2v) is 6.76. The van der Waals surface area contributed by atoms with E-state index < -0.39 is 0 Å². The number of unbranched alkanes of at least 4 members (excludes halogenated alkanes) is 1. The fraction of sp³-hybridized carbons (Fsp3) is 0.412. The molecule has 1 heterocycles. The smallest absolute Gasteiger partial charge is 0.230 e. The molecule has 1 rings (SSSR count). The first-order valence-corrected chi connectivity index (χ1v) is 9.38. The standard InChI is InChI=1S/C17H28N8OS/c1-21-11-12(10-18)9-15(26)23-17-25-24-16(27-17)6-4-3-5-13(19)7-8-14(20)22-2/h7-8,10-11,18,21-22H,3-6,9,19-20H2,1-2H3,(H,23,25,26)/b12-11-,13-7-,14-8+,18-10?. The average molecular weight is 393 g/mol. The third-order valence-corrected chi connectivity index (χ3v) is 4.36. The van der Waals surface area contributed by atoms with Gasteiger partial charge in [-0.05, 0) is 37.0 Å². The molecule has 1 aromatic rings. The van der Waals surface area contributed by atoms with Crippen LogP contribution in [0.5, 0.6) is 0 Å². The van der Waals surface area contributed by atoms with Crippen molar-refractivity contribution in [3.05, 3.63) is 40.5 Å². The van der Waals surface area contributed by atoms with Gasteiger partial charge in [-0.1, -0.05) is 11.3 Å². The molecular formula is C17H28N8OS. The zero-order valence-corrected chi connectivity index (χ0v) is 16.5. The van der Waals surface area contributed by atoms with Crippen LogP contribution in [0.15, 0.2) is 35.4 Å². The van der Waals surface area contributed by atoms with Gasteiger partial charge >= 0.3 is 0 Å². The summed E-state index contributed by atoms with van der Waals surface area (Å²) in [5.74, 6) is 0.338. The summed E-state index contributed by atoms with van der Waals surface area (Å²) < 4.78 is 0. The number of amides is 1. The third-order valence-electron chi connectivity index (χ3n) is 3.46. The molecule has 0 fully saturated rings. The summed E-state index contributed by atoms with van der Waals surface area (Å²) in [5, 5.41) is 25.0. The van der Waals surface area contributed by atoms with Gasteiger partial charge in [-0.3, -0.25) is 4.79 Å². The molecule has 148 valence electrons. The molecule has 8 N–H and O–H groups in total. The van der Waals surface area contributed by atoms with E-state index in [0.29, 0.717) is 16.5 Å². The van der Waals surface area contributed by atoms with Gasteiger partial charge in [-0.15, -0.1) is 10.2 Å². The Morgan fingerprint density at radius 3 is 2.67 bits per heavy atom. The molecule has 0 aromatic carbocycles. The number of hydrogen-bond donors (Lipinski definition) is 6. The van der Waals surface area contributed by atoms with Crippen molar-refractivity contribution >= 4 is 28.6 Å². The van der Waals surface area contributed by atoms with Crippen LogP contribution in [0.4, 0.5) is 5.13 Å². The predicted molar refractivity (Wildman–Crippen MR) is 110 cm³/mol. The highest BCUT2D eigenvalue weighted by Crippen LogP contribution is 2.18. The molecule has 0 aliphatic carbocycles. The Bertz CT molecular complexity index is 708. The SMILES string of the molecule is CN/C=C(\C=N)CC(=O)Nc1nnc(CCCC/C(N)=C/C=C(\N)NC)s1. The molecule has 0 saturated heterocycles. The second-order valence-electron chi connectivity index (χ2n) is 5.70. The van der Waals surface area contributed by atoms with Crippen molar-refractivity contribution < 1.29 is 4.79 Å². The second kappa shape index (κ2) is 12.5. The Morgan fingerprint density at radius 2 is 2.00 bits per heavy atom. The van der Waals surface area contributed by atoms with E-state index >= 15 is 0 Å². The highest BCUT2D eigenvalue weighted by atomic mass is 32.1. The van der Waals surface area contributed by atoms with Crippen molar-refractivity contribution in [2.24, 2.45) is 11.5 Å². The van der Waals surface area contributed by atoms with Gasteiger partial charge in [0, 0.05) is 38.6 Å². The minimum Gasteiger partial charge on any atom is -0.402 e. The number of nitrogens with two attached hydrogens (primary N) is 2. The van der Waals surface area contributed by atoms with Crippen LogP contribution in [0.1, 0.15) is 30.7 Å². The maximum Gasteiger partial charge on any atom is 0.230 e. The summed E-state index contributed by atoms with van der Waals surface area (Å²) in [6.07, 6.45) is 9.81. The molecule has 0 aliphatic rings. The molecule has 9 nitrogen and oxygen atoms in total. The first-order chi connectivity index (χ1) is 13.0. The van der Waals surface area contributed by atoms with Crippen LogP contribution in [0.2, 0.25) is 0 Å². The van der Waals surface area contributed by atoms with Crippen molar-refractivity contribution in [3.63, 3.8) is 0 Å². The molecule has 0 saturated carbocycles. The van der Waals surface area contributed by atoms with Crippen molar-refractivity contribution in [2.45, 2.75) is 32.1 Å². The highest BCUT2D eigenvalue weighted by Gasteiger charge is 2.09. The maximum absolute atomic E-state index is 12.0. The van der Waals surface area contributed by atoms with Crippen LogP contribution in [-0.2, 0) is 11.2 Å². The van der Waals surface area contributed by atoms with Gasteiger partial charge in [0.25, 0.3) is 0 Å². The molecule has 10 heteroatoms. The summed E-state index contributed by atoms with van der Waals surface area (Å²) in [6, 6.07) is 0. The van der Waals surface area contributed by atoms with E-state index in [9.17, 15) is 4.79 Å². The van der Waals surface area contributed by atoms with E-state index in [1.54, 1.807) is 32.4 Å². The first-order valence-electron chi connectivity index (χ1n) is 8.57. The summed E-state index contributed by atoms with van der Waals surface area (Å²) in [4.78, 5) is 12.0. The number of rotatable bonds is 12. The van der Waals surface area contributed by atoms with Crippen LogP contribution in [0, 0.1) is 5.41 Å². The molecule has 27 heavy (non-hydrogen) atoms. The molecule has 0 atom stereocenters. The molecule has 1 aromatic heterocycles. The lowest BCUT2D eigenvalue weighted by molar-refractivity contribution is -0.115. The minimum absolute atomic E-state index is 0.109. The zero-order chi connectivity index (χ0) is 20.1. The number of nitrogens with zero attached hydrogens (tertiary/aromatic N) is 2. The number of carbonyl (C=O) groups excluding carboxylic acids is 1. The lowest BCUT2D eigenvalue weighted by Crippen LogP contribution is -2.14. The Morgan fingerprint density at radius 1 is 1.22 bits per heavy atom. The summed E-state index contributed by atoms with van der Waals surface area (Å²) in [5.41, 5.74) is 12.9. The lowest BCUT2D eigenvalue weighted by Gasteiger charge is -2.02. The van der Waals surface area contributed by atoms with Gasteiger partial charge in [0.2, 0.25) is 11.0 Å². The zero-order valence-electron chi connectivity index (χ0n) is 15.7. The predicted octanol–water partition coefficient (Wildman–Crippen LogP) is 1.19. The van der Waals surface area contributed by atoms with E-state index in [2.05, 4.69) is 26.1 Å². The Labute approximate surface area is 163 Å². The number of allylic oxidation sites excluding steroid dienone is 3. The van der Waals surface area contributed by atoms with Crippen molar-refractivity contribution in [1.29, 1.82) is 5.41 Å². The number of aryl methyl sites for hydroxylation is 1. The number of aromatic nitrogens is 2. The molecule has 0 unspecified atom stereocenters. The lowest BCUT2D eigenvalue weighted by atomic mass is 10.1. The highest BCUT2D eigenvalue weighted by molar-refractivity contribution is 7.15. The van der Waals surface area contributed by atoms with Crippen molar-refractivity contribution in [3.8, 4) is 0 Å². The molecular weight excluding hydrogens is 364 g/mol. The van der Waals surface area contributed by atoms with Crippen LogP contribution < -0.4 is 27.4 Å². The first kappa shape index (κ1) is 22.2. The van der Waals surface area contributed by atoms with Crippen molar-refractivity contribution in [1.82, 2.24) is 20.8 Å². The van der Waals surface area contributed by atoms with Gasteiger partial charge in [0.1, 0.15) is 5.01 Å². The van der Waals surface area contributed by atoms with E-state index in [4.69, 9.17) is 16.9 Å². The Balaban J connectivity index is 2.37. The topological polar surface area (TPSA) is 155 Å². The summed E-state index contributed by atoms with van der Waals surface area (Å²) in [6.45, 7) is 0. The summed E-state index contributed by atoms with van der Waals surface area (Å²) >= 11 is 1.36. The Kier molecular flexibility index (Phi) is 10.2. The quantitative estimate of drug-likeness (QED) is 0.177. The summed E-state index contributed by atoms with van der Waals surface area (Å²) in [7, 11) is 3.47. The normalized spacial score (nSPS) is 12.6. The van der Waals surface area contributed by atoms with Crippen LogP contribution in [-0.4, -0.2) is 36.4 Å². The van der Waals surface area contributed by atoms with Crippen molar-refractivity contribution in [2.75, 3.05) is 19.4 Å². The third kappa shape index (κ3) is 9.40. The largest absolute Gasteiger partial charge is 0.402 e. The minimum atomic E-state index is -0.227. The van der Waals surface area contributed by atoms with E-state index in [1.807, 2.05) is 0 Å². The fourth-order valence-corrected chi connectivity index (χ4v) is 2.85. The number of hydrogen-bond acceptors (Lipinski definition) is 9. The van der Waals surface area contributed by atoms with Crippen LogP contribution in [0.25, 0.3) is 0 Å². The maximum atomic E-state index is 12.0. The molecule has 1 amide bonds. The van der Waals surface area contributed by atoms with Gasteiger partial charge in [0.05, 0.1) is 12.2 Å². The average Bonchev–Trinajstić information content (AvgIpc) is 3.09. The monoisotopic (exact) mass is 392 g/mol. The fourth-order valence-electron chi connectivity index (χ4n) is 2.05. The molecule has 0 radical (unpaired) electrons. The number of carbonyl (C=O) groups is 1. The molecule has 0 bridgehead atoms. The van der Waals surface area contributed by atoms with Gasteiger partial charge < -0.3 is 32.8 Å². The number of anilines is 1. The van der Waals surface area contributed by atoms with E-state index in [-0.39, 0.29) is 12.3 Å². The van der Waals surface area contributed by atoms with E-state index in [0.717, 1.165) is 42.6 Å². The van der Waals surface area contributed by atoms with Crippen LogP contribution in [0.3, 0.4) is 0 Å². The Hall–Kier alpha value is -2.88. The van der Waals surface area contributed by atoms with Crippen LogP contribution >= 0.6 is 11.3 Å². The van der Waals surface area contributed by atoms with Gasteiger partial charge in [0.15, 0.2) is 0 Å². The van der Waals surface area contributed by atoms with Gasteiger partial charge in [-0.2, -0.15) is 0 Å². The van der Waals surface area contributed by atoms with Gasteiger partial charge in [-0.25, -0.2) is 0 Å². The van der Waals surface area contributed by atoms with E-state index in [1.165, 1.54) is 11.3 Å².